The topological polar surface area (TPSA) is 30.5 Å². The molecule has 1 aliphatic rings. The summed E-state index contributed by atoms with van der Waals surface area (Å²) < 4.78 is 4.66. The molecule has 0 spiro atoms. The van der Waals surface area contributed by atoms with Crippen molar-refractivity contribution in [2.24, 2.45) is 0 Å². The number of terminal acetylenes is 2. The molecule has 0 aromatic heterocycles. The van der Waals surface area contributed by atoms with Gasteiger partial charge in [0.1, 0.15) is 13.2 Å². The molecular weight excluding hydrogens is 214 g/mol. The maximum atomic E-state index is 5.09. The van der Waals surface area contributed by atoms with Crippen molar-refractivity contribution >= 4 is 6.08 Å². The van der Waals surface area contributed by atoms with E-state index in [1.807, 2.05) is 30.3 Å². The number of hydroxylamine groups is 1. The van der Waals surface area contributed by atoms with Crippen LogP contribution in [0.25, 0.3) is 6.08 Å². The van der Waals surface area contributed by atoms with Gasteiger partial charge in [-0.2, -0.15) is 0 Å². The van der Waals surface area contributed by atoms with Crippen molar-refractivity contribution in [3.8, 4) is 30.4 Å². The van der Waals surface area contributed by atoms with Gasteiger partial charge in [0.2, 0.25) is 0 Å². The van der Waals surface area contributed by atoms with E-state index in [-0.39, 0.29) is 0 Å². The molecular formula is C14H13NO2. The Balaban J connectivity index is 0.000000185. The number of fused-ring (bicyclic) bond motifs is 1. The van der Waals surface area contributed by atoms with Crippen LogP contribution in [-0.2, 0) is 4.74 Å². The Hall–Kier alpha value is -2.36. The van der Waals surface area contributed by atoms with Gasteiger partial charge < -0.3 is 9.57 Å². The zero-order valence-corrected chi connectivity index (χ0v) is 9.35. The second-order valence-corrected chi connectivity index (χ2v) is 2.99. The summed E-state index contributed by atoms with van der Waals surface area (Å²) >= 11 is 0. The Kier molecular flexibility index (Phi) is 5.88. The number of benzene rings is 1. The molecule has 3 heteroatoms. The van der Waals surface area contributed by atoms with Gasteiger partial charge in [0.05, 0.1) is 0 Å². The lowest BCUT2D eigenvalue weighted by Gasteiger charge is -2.11. The molecule has 0 saturated heterocycles. The third-order valence-corrected chi connectivity index (χ3v) is 1.79. The van der Waals surface area contributed by atoms with Crippen LogP contribution in [0.5, 0.6) is 5.75 Å². The van der Waals surface area contributed by atoms with E-state index in [4.69, 9.17) is 17.7 Å². The third kappa shape index (κ3) is 4.79. The van der Waals surface area contributed by atoms with Crippen molar-refractivity contribution in [1.29, 1.82) is 0 Å². The summed E-state index contributed by atoms with van der Waals surface area (Å²) in [6, 6.07) is 7.86. The molecule has 0 bridgehead atoms. The van der Waals surface area contributed by atoms with Crippen molar-refractivity contribution in [2.75, 3.05) is 13.2 Å². The molecule has 0 amide bonds. The summed E-state index contributed by atoms with van der Waals surface area (Å²) in [5.41, 5.74) is 3.77. The first-order valence-electron chi connectivity index (χ1n) is 5.01. The zero-order chi connectivity index (χ0) is 12.3. The number of nitrogens with one attached hydrogen (secondary N) is 1. The Morgan fingerprint density at radius 1 is 1.18 bits per heavy atom. The minimum Gasteiger partial charge on any atom is -0.382 e. The normalized spacial score (nSPS) is 10.5. The largest absolute Gasteiger partial charge is 0.382 e. The molecule has 1 aromatic carbocycles. The second kappa shape index (κ2) is 7.87. The minimum atomic E-state index is 0.310. The van der Waals surface area contributed by atoms with E-state index in [0.29, 0.717) is 13.2 Å². The number of hydrogen-bond acceptors (Lipinski definition) is 3. The first-order chi connectivity index (χ1) is 8.38. The molecule has 0 unspecified atom stereocenters. The van der Waals surface area contributed by atoms with E-state index < -0.39 is 0 Å². The average Bonchev–Trinajstić information content (AvgIpc) is 2.40. The molecule has 1 heterocycles. The summed E-state index contributed by atoms with van der Waals surface area (Å²) in [5, 5.41) is 0. The van der Waals surface area contributed by atoms with E-state index in [0.717, 1.165) is 11.3 Å². The van der Waals surface area contributed by atoms with Gasteiger partial charge in [-0.15, -0.1) is 12.8 Å². The first kappa shape index (κ1) is 12.7. The maximum absolute atomic E-state index is 5.09. The van der Waals surface area contributed by atoms with Gasteiger partial charge in [-0.25, -0.2) is 5.48 Å². The van der Waals surface area contributed by atoms with Crippen LogP contribution >= 0.6 is 0 Å². The average molecular weight is 227 g/mol. The Morgan fingerprint density at radius 3 is 2.53 bits per heavy atom. The first-order valence-corrected chi connectivity index (χ1v) is 5.01. The van der Waals surface area contributed by atoms with E-state index in [2.05, 4.69) is 22.1 Å². The maximum Gasteiger partial charge on any atom is 0.162 e. The summed E-state index contributed by atoms with van der Waals surface area (Å²) in [6.45, 7) is 0.619. The van der Waals surface area contributed by atoms with Gasteiger partial charge >= 0.3 is 0 Å². The fraction of sp³-hybridized carbons (Fsp3) is 0.143. The van der Waals surface area contributed by atoms with Gasteiger partial charge in [-0.1, -0.05) is 30.0 Å². The predicted octanol–water partition coefficient (Wildman–Crippen LogP) is 1.82. The second-order valence-electron chi connectivity index (χ2n) is 2.99. The molecule has 3 nitrogen and oxygen atoms in total. The van der Waals surface area contributed by atoms with Gasteiger partial charge in [0.15, 0.2) is 5.75 Å². The molecule has 1 N–H and O–H groups in total. The van der Waals surface area contributed by atoms with Gasteiger partial charge in [-0.05, 0) is 12.1 Å². The fourth-order valence-corrected chi connectivity index (χ4v) is 1.10. The number of para-hydroxylation sites is 1. The van der Waals surface area contributed by atoms with Gasteiger partial charge in [0, 0.05) is 11.8 Å². The van der Waals surface area contributed by atoms with Crippen LogP contribution in [0.1, 0.15) is 5.56 Å². The van der Waals surface area contributed by atoms with Crippen LogP contribution in [0.15, 0.2) is 30.5 Å². The Bertz CT molecular complexity index is 438. The predicted molar refractivity (Wildman–Crippen MR) is 67.7 cm³/mol. The fourth-order valence-electron chi connectivity index (χ4n) is 1.10. The van der Waals surface area contributed by atoms with E-state index in [1.54, 1.807) is 6.20 Å². The lowest BCUT2D eigenvalue weighted by atomic mass is 10.2. The van der Waals surface area contributed by atoms with Crippen LogP contribution in [0.2, 0.25) is 0 Å². The van der Waals surface area contributed by atoms with Crippen LogP contribution < -0.4 is 10.3 Å². The van der Waals surface area contributed by atoms with E-state index >= 15 is 0 Å². The summed E-state index contributed by atoms with van der Waals surface area (Å²) in [5.74, 6) is 5.45. The minimum absolute atomic E-state index is 0.310. The number of ether oxygens (including phenoxy) is 1. The monoisotopic (exact) mass is 227 g/mol. The quantitative estimate of drug-likeness (QED) is 0.617. The van der Waals surface area contributed by atoms with E-state index in [1.165, 1.54) is 0 Å². The van der Waals surface area contributed by atoms with Crippen LogP contribution in [-0.4, -0.2) is 13.2 Å². The number of hydrogen-bond donors (Lipinski definition) is 1. The molecule has 0 saturated carbocycles. The number of rotatable bonds is 2. The van der Waals surface area contributed by atoms with Crippen LogP contribution in [0, 0.1) is 24.7 Å². The van der Waals surface area contributed by atoms with Crippen molar-refractivity contribution in [1.82, 2.24) is 5.48 Å². The highest BCUT2D eigenvalue weighted by Gasteiger charge is 2.01. The highest BCUT2D eigenvalue weighted by Crippen LogP contribution is 2.20. The van der Waals surface area contributed by atoms with Gasteiger partial charge in [-0.3, -0.25) is 0 Å². The lowest BCUT2D eigenvalue weighted by Crippen LogP contribution is -2.13. The van der Waals surface area contributed by atoms with Crippen LogP contribution in [0.4, 0.5) is 0 Å². The van der Waals surface area contributed by atoms with Crippen molar-refractivity contribution in [2.45, 2.75) is 0 Å². The molecule has 1 aromatic rings. The smallest absolute Gasteiger partial charge is 0.162 e. The highest BCUT2D eigenvalue weighted by atomic mass is 16.6. The van der Waals surface area contributed by atoms with E-state index in [9.17, 15) is 0 Å². The molecule has 0 radical (unpaired) electrons. The molecule has 2 rings (SSSR count). The van der Waals surface area contributed by atoms with Gasteiger partial charge in [0.25, 0.3) is 0 Å². The Labute approximate surface area is 101 Å². The molecule has 17 heavy (non-hydrogen) atoms. The lowest BCUT2D eigenvalue weighted by molar-refractivity contribution is 0.205. The molecule has 0 fully saturated rings. The SMILES string of the molecule is C#CCOCC#C.C1=Cc2ccccc2ON1. The van der Waals surface area contributed by atoms with Crippen molar-refractivity contribution in [3.05, 3.63) is 36.0 Å². The Morgan fingerprint density at radius 2 is 1.88 bits per heavy atom. The zero-order valence-electron chi connectivity index (χ0n) is 9.35. The molecule has 1 aliphatic heterocycles. The summed E-state index contributed by atoms with van der Waals surface area (Å²) in [7, 11) is 0. The molecule has 0 aliphatic carbocycles. The van der Waals surface area contributed by atoms with Crippen molar-refractivity contribution < 1.29 is 9.57 Å². The van der Waals surface area contributed by atoms with Crippen molar-refractivity contribution in [3.63, 3.8) is 0 Å². The standard InChI is InChI=1S/C8H7NO.C6H6O/c1-2-4-8-7(3-1)5-6-9-10-8;1-3-5-7-6-4-2/h1-6,9H;1-2H,5-6H2. The van der Waals surface area contributed by atoms with Crippen LogP contribution in [0.3, 0.4) is 0 Å². The molecule has 0 atom stereocenters. The third-order valence-electron chi connectivity index (χ3n) is 1.79. The summed E-state index contributed by atoms with van der Waals surface area (Å²) in [4.78, 5) is 5.09. The summed E-state index contributed by atoms with van der Waals surface area (Å²) in [6.07, 6.45) is 13.4. The highest BCUT2D eigenvalue weighted by molar-refractivity contribution is 5.57. The molecule has 86 valence electrons.